The zero-order valence-electron chi connectivity index (χ0n) is 10.3. The molecule has 21 heavy (non-hydrogen) atoms. The van der Waals surface area contributed by atoms with Crippen molar-refractivity contribution >= 4 is 21.4 Å². The molecule has 8 heteroatoms. The van der Waals surface area contributed by atoms with E-state index in [0.717, 1.165) is 15.1 Å². The lowest BCUT2D eigenvalue weighted by Gasteiger charge is -2.05. The van der Waals surface area contributed by atoms with Gasteiger partial charge in [0.2, 0.25) is 5.88 Å². The van der Waals surface area contributed by atoms with Gasteiger partial charge in [0.05, 0.1) is 0 Å². The quantitative estimate of drug-likeness (QED) is 0.686. The van der Waals surface area contributed by atoms with E-state index in [1.807, 2.05) is 0 Å². The first-order valence-electron chi connectivity index (χ1n) is 5.78. The highest BCUT2D eigenvalue weighted by Crippen LogP contribution is 2.32. The van der Waals surface area contributed by atoms with Crippen molar-refractivity contribution in [2.75, 3.05) is 0 Å². The molecule has 3 rings (SSSR count). The fourth-order valence-electron chi connectivity index (χ4n) is 1.73. The zero-order valence-corrected chi connectivity index (χ0v) is 11.9. The highest BCUT2D eigenvalue weighted by Gasteiger charge is 2.34. The number of halogens is 4. The van der Waals surface area contributed by atoms with Crippen molar-refractivity contribution in [2.45, 2.75) is 6.18 Å². The summed E-state index contributed by atoms with van der Waals surface area (Å²) in [5.41, 5.74) is -0.844. The molecule has 0 unspecified atom stereocenters. The van der Waals surface area contributed by atoms with Crippen LogP contribution in [0, 0.1) is 0 Å². The van der Waals surface area contributed by atoms with E-state index in [0.29, 0.717) is 5.75 Å². The molecule has 0 bridgehead atoms. The minimum atomic E-state index is -4.51. The smallest absolute Gasteiger partial charge is 0.435 e. The molecule has 0 aliphatic heterocycles. The van der Waals surface area contributed by atoms with Gasteiger partial charge in [0.1, 0.15) is 11.3 Å². The first-order valence-corrected chi connectivity index (χ1v) is 6.58. The van der Waals surface area contributed by atoms with Crippen molar-refractivity contribution < 1.29 is 17.9 Å². The van der Waals surface area contributed by atoms with Crippen LogP contribution in [0.3, 0.4) is 0 Å². The number of hydrogen-bond donors (Lipinski definition) is 0. The van der Waals surface area contributed by atoms with Crippen LogP contribution in [0.15, 0.2) is 47.2 Å². The molecule has 0 N–H and O–H groups in total. The largest absolute Gasteiger partial charge is 0.437 e. The number of ether oxygens (including phenoxy) is 1. The summed E-state index contributed by atoms with van der Waals surface area (Å²) in [7, 11) is 0. The molecule has 2 heterocycles. The fraction of sp³-hybridized carbons (Fsp3) is 0.0769. The van der Waals surface area contributed by atoms with E-state index in [4.69, 9.17) is 4.74 Å². The molecule has 0 saturated carbocycles. The van der Waals surface area contributed by atoms with E-state index in [1.165, 1.54) is 12.4 Å². The van der Waals surface area contributed by atoms with Crippen LogP contribution in [0.4, 0.5) is 13.2 Å². The van der Waals surface area contributed by atoms with Crippen molar-refractivity contribution in [2.24, 2.45) is 0 Å². The van der Waals surface area contributed by atoms with E-state index in [-0.39, 0.29) is 11.4 Å². The molecule has 108 valence electrons. The Morgan fingerprint density at radius 1 is 1.14 bits per heavy atom. The molecule has 4 nitrogen and oxygen atoms in total. The Bertz CT molecular complexity index is 783. The van der Waals surface area contributed by atoms with E-state index >= 15 is 0 Å². The molecule has 0 fully saturated rings. The van der Waals surface area contributed by atoms with Crippen molar-refractivity contribution in [3.8, 4) is 11.6 Å². The Hall–Kier alpha value is -2.09. The van der Waals surface area contributed by atoms with Crippen LogP contribution in [0.1, 0.15) is 5.69 Å². The summed E-state index contributed by atoms with van der Waals surface area (Å²) in [6.45, 7) is 0. The molecule has 0 amide bonds. The Balaban J connectivity index is 2.02. The number of fused-ring (bicyclic) bond motifs is 1. The zero-order chi connectivity index (χ0) is 15.0. The average molecular weight is 358 g/mol. The summed E-state index contributed by atoms with van der Waals surface area (Å²) < 4.78 is 45.5. The molecular formula is C13H7BrF3N3O. The normalized spacial score (nSPS) is 11.8. The van der Waals surface area contributed by atoms with Crippen LogP contribution < -0.4 is 4.74 Å². The van der Waals surface area contributed by atoms with Crippen LogP contribution in [0.5, 0.6) is 11.6 Å². The SMILES string of the molecule is FC(F)(F)c1cc2c(Oc3ccc(Br)cc3)nccn2n1. The molecule has 1 aromatic carbocycles. The Morgan fingerprint density at radius 3 is 2.52 bits per heavy atom. The van der Waals surface area contributed by atoms with Gasteiger partial charge >= 0.3 is 6.18 Å². The number of rotatable bonds is 2. The summed E-state index contributed by atoms with van der Waals surface area (Å²) in [5.74, 6) is 0.524. The second-order valence-electron chi connectivity index (χ2n) is 4.15. The maximum Gasteiger partial charge on any atom is 0.435 e. The monoisotopic (exact) mass is 357 g/mol. The Labute approximate surface area is 125 Å². The summed E-state index contributed by atoms with van der Waals surface area (Å²) in [6.07, 6.45) is -1.85. The number of benzene rings is 1. The van der Waals surface area contributed by atoms with Gasteiger partial charge in [-0.15, -0.1) is 0 Å². The van der Waals surface area contributed by atoms with Gasteiger partial charge in [0.25, 0.3) is 0 Å². The number of aromatic nitrogens is 3. The first-order chi connectivity index (χ1) is 9.93. The Kier molecular flexibility index (Phi) is 3.32. The summed E-state index contributed by atoms with van der Waals surface area (Å²) in [5, 5.41) is 3.46. The van der Waals surface area contributed by atoms with Gasteiger partial charge in [-0.05, 0) is 24.3 Å². The van der Waals surface area contributed by atoms with Crippen molar-refractivity contribution in [3.63, 3.8) is 0 Å². The van der Waals surface area contributed by atoms with Gasteiger partial charge in [0.15, 0.2) is 5.69 Å². The van der Waals surface area contributed by atoms with Crippen molar-refractivity contribution in [1.82, 2.24) is 14.6 Å². The summed E-state index contributed by atoms with van der Waals surface area (Å²) in [4.78, 5) is 3.96. The number of alkyl halides is 3. The van der Waals surface area contributed by atoms with E-state index in [1.54, 1.807) is 24.3 Å². The van der Waals surface area contributed by atoms with Crippen molar-refractivity contribution in [1.29, 1.82) is 0 Å². The van der Waals surface area contributed by atoms with Crippen LogP contribution in [-0.4, -0.2) is 14.6 Å². The molecule has 0 aliphatic carbocycles. The van der Waals surface area contributed by atoms with Crippen LogP contribution in [0.2, 0.25) is 0 Å². The van der Waals surface area contributed by atoms with E-state index in [9.17, 15) is 13.2 Å². The molecule has 0 saturated heterocycles. The third-order valence-electron chi connectivity index (χ3n) is 2.67. The molecule has 0 radical (unpaired) electrons. The van der Waals surface area contributed by atoms with Gasteiger partial charge in [-0.1, -0.05) is 15.9 Å². The second kappa shape index (κ2) is 5.03. The lowest BCUT2D eigenvalue weighted by Crippen LogP contribution is -2.05. The van der Waals surface area contributed by atoms with Gasteiger partial charge in [0, 0.05) is 22.9 Å². The molecule has 0 aliphatic rings. The standard InChI is InChI=1S/C13H7BrF3N3O/c14-8-1-3-9(4-2-8)21-12-10-7-11(13(15,16)17)19-20(10)6-5-18-12/h1-7H. The molecule has 3 aromatic rings. The minimum absolute atomic E-state index is 0.0582. The lowest BCUT2D eigenvalue weighted by molar-refractivity contribution is -0.141. The summed E-state index contributed by atoms with van der Waals surface area (Å²) in [6, 6.07) is 7.77. The van der Waals surface area contributed by atoms with Gasteiger partial charge in [-0.3, -0.25) is 0 Å². The molecule has 0 spiro atoms. The van der Waals surface area contributed by atoms with Gasteiger partial charge in [-0.2, -0.15) is 18.3 Å². The molecular weight excluding hydrogens is 351 g/mol. The fourth-order valence-corrected chi connectivity index (χ4v) is 1.99. The highest BCUT2D eigenvalue weighted by molar-refractivity contribution is 9.10. The Morgan fingerprint density at radius 2 is 1.86 bits per heavy atom. The molecule has 2 aromatic heterocycles. The summed E-state index contributed by atoms with van der Waals surface area (Å²) >= 11 is 3.29. The van der Waals surface area contributed by atoms with Crippen LogP contribution in [-0.2, 0) is 6.18 Å². The third-order valence-corrected chi connectivity index (χ3v) is 3.20. The van der Waals surface area contributed by atoms with Gasteiger partial charge in [-0.25, -0.2) is 9.50 Å². The predicted octanol–water partition coefficient (Wildman–Crippen LogP) is 4.30. The maximum absolute atomic E-state index is 12.7. The lowest BCUT2D eigenvalue weighted by atomic mass is 10.3. The predicted molar refractivity (Wildman–Crippen MR) is 72.2 cm³/mol. The number of nitrogens with zero attached hydrogens (tertiary/aromatic N) is 3. The van der Waals surface area contributed by atoms with E-state index < -0.39 is 11.9 Å². The highest BCUT2D eigenvalue weighted by atomic mass is 79.9. The second-order valence-corrected chi connectivity index (χ2v) is 5.06. The van der Waals surface area contributed by atoms with Gasteiger partial charge < -0.3 is 4.74 Å². The van der Waals surface area contributed by atoms with Crippen LogP contribution >= 0.6 is 15.9 Å². The minimum Gasteiger partial charge on any atom is -0.437 e. The first kappa shape index (κ1) is 13.9. The number of hydrogen-bond acceptors (Lipinski definition) is 3. The molecule has 0 atom stereocenters. The average Bonchev–Trinajstić information content (AvgIpc) is 2.86. The maximum atomic E-state index is 12.7. The van der Waals surface area contributed by atoms with Crippen molar-refractivity contribution in [3.05, 3.63) is 52.9 Å². The topological polar surface area (TPSA) is 39.4 Å². The third kappa shape index (κ3) is 2.85. The van der Waals surface area contributed by atoms with E-state index in [2.05, 4.69) is 26.0 Å². The van der Waals surface area contributed by atoms with Crippen LogP contribution in [0.25, 0.3) is 5.52 Å².